The molecule has 0 unspecified atom stereocenters. The predicted molar refractivity (Wildman–Crippen MR) is 113 cm³/mol. The molecule has 0 atom stereocenters. The molecule has 0 aliphatic carbocycles. The minimum absolute atomic E-state index is 0.0493. The lowest BCUT2D eigenvalue weighted by molar-refractivity contribution is -0.129. The van der Waals surface area contributed by atoms with E-state index in [2.05, 4.69) is 13.8 Å². The van der Waals surface area contributed by atoms with Crippen molar-refractivity contribution in [3.8, 4) is 0 Å². The molecule has 1 aliphatic rings. The lowest BCUT2D eigenvalue weighted by Crippen LogP contribution is -2.49. The van der Waals surface area contributed by atoms with Crippen molar-refractivity contribution in [1.82, 2.24) is 14.1 Å². The highest BCUT2D eigenvalue weighted by Crippen LogP contribution is 2.20. The molecule has 0 saturated carbocycles. The third-order valence-electron chi connectivity index (χ3n) is 5.70. The number of amides is 2. The summed E-state index contributed by atoms with van der Waals surface area (Å²) in [6.07, 6.45) is 2.00. The summed E-state index contributed by atoms with van der Waals surface area (Å²) in [7, 11) is -3.71. The second-order valence-electron chi connectivity index (χ2n) is 7.46. The molecule has 162 valence electrons. The molecule has 7 nitrogen and oxygen atoms in total. The standard InChI is InChI=1S/C21H33N3O4S/c1-5-18(6-2)16-22(7-3)21(26)19-9-8-10-20(15-19)29(27,28)24-13-11-23(12-14-24)17(4)25/h8-10,15,18H,5-7,11-14,16H2,1-4H3. The molecule has 0 spiro atoms. The van der Waals surface area contributed by atoms with Gasteiger partial charge in [-0.05, 0) is 31.0 Å². The molecule has 2 rings (SSSR count). The van der Waals surface area contributed by atoms with E-state index in [1.807, 2.05) is 6.92 Å². The normalized spacial score (nSPS) is 15.6. The minimum atomic E-state index is -3.71. The molecule has 0 aromatic heterocycles. The van der Waals surface area contributed by atoms with Gasteiger partial charge in [0.25, 0.3) is 5.91 Å². The van der Waals surface area contributed by atoms with Gasteiger partial charge in [0, 0.05) is 51.8 Å². The molecular formula is C21H33N3O4S. The summed E-state index contributed by atoms with van der Waals surface area (Å²) in [6.45, 7) is 10.2. The zero-order valence-electron chi connectivity index (χ0n) is 17.9. The van der Waals surface area contributed by atoms with Crippen molar-refractivity contribution >= 4 is 21.8 Å². The Bertz CT molecular complexity index is 813. The van der Waals surface area contributed by atoms with Gasteiger partial charge in [-0.2, -0.15) is 4.31 Å². The zero-order valence-corrected chi connectivity index (χ0v) is 18.7. The van der Waals surface area contributed by atoms with Gasteiger partial charge in [0.15, 0.2) is 0 Å². The molecule has 1 saturated heterocycles. The molecule has 29 heavy (non-hydrogen) atoms. The summed E-state index contributed by atoms with van der Waals surface area (Å²) in [6, 6.07) is 6.30. The van der Waals surface area contributed by atoms with E-state index in [9.17, 15) is 18.0 Å². The van der Waals surface area contributed by atoms with Gasteiger partial charge in [-0.25, -0.2) is 8.42 Å². The van der Waals surface area contributed by atoms with Gasteiger partial charge >= 0.3 is 0 Å². The molecule has 0 N–H and O–H groups in total. The summed E-state index contributed by atoms with van der Waals surface area (Å²) in [5.74, 6) is 0.244. The lowest BCUT2D eigenvalue weighted by Gasteiger charge is -2.33. The molecule has 1 aromatic carbocycles. The van der Waals surface area contributed by atoms with Gasteiger partial charge in [-0.3, -0.25) is 9.59 Å². The van der Waals surface area contributed by atoms with E-state index in [0.29, 0.717) is 37.7 Å². The SMILES string of the molecule is CCC(CC)CN(CC)C(=O)c1cccc(S(=O)(=O)N2CCN(C(C)=O)CC2)c1. The number of hydrogen-bond acceptors (Lipinski definition) is 4. The van der Waals surface area contributed by atoms with Gasteiger partial charge < -0.3 is 9.80 Å². The van der Waals surface area contributed by atoms with E-state index in [1.165, 1.54) is 23.4 Å². The van der Waals surface area contributed by atoms with Crippen LogP contribution in [0.2, 0.25) is 0 Å². The van der Waals surface area contributed by atoms with E-state index in [4.69, 9.17) is 0 Å². The summed E-state index contributed by atoms with van der Waals surface area (Å²) < 4.78 is 27.5. The highest BCUT2D eigenvalue weighted by atomic mass is 32.2. The fourth-order valence-electron chi connectivity index (χ4n) is 3.58. The minimum Gasteiger partial charge on any atom is -0.340 e. The summed E-state index contributed by atoms with van der Waals surface area (Å²) in [5.41, 5.74) is 0.390. The highest BCUT2D eigenvalue weighted by molar-refractivity contribution is 7.89. The topological polar surface area (TPSA) is 78.0 Å². The first-order valence-corrected chi connectivity index (χ1v) is 11.8. The first-order chi connectivity index (χ1) is 13.7. The van der Waals surface area contributed by atoms with E-state index in [0.717, 1.165) is 12.8 Å². The molecule has 2 amide bonds. The number of rotatable bonds is 8. The Balaban J connectivity index is 2.19. The summed E-state index contributed by atoms with van der Waals surface area (Å²) >= 11 is 0. The van der Waals surface area contributed by atoms with Crippen LogP contribution in [0, 0.1) is 5.92 Å². The number of carbonyl (C=O) groups is 2. The van der Waals surface area contributed by atoms with Crippen LogP contribution in [-0.2, 0) is 14.8 Å². The maximum absolute atomic E-state index is 13.0. The van der Waals surface area contributed by atoms with Crippen LogP contribution >= 0.6 is 0 Å². The van der Waals surface area contributed by atoms with Crippen LogP contribution in [0.15, 0.2) is 29.2 Å². The van der Waals surface area contributed by atoms with Crippen molar-refractivity contribution in [3.63, 3.8) is 0 Å². The summed E-state index contributed by atoms with van der Waals surface area (Å²) in [5, 5.41) is 0. The highest BCUT2D eigenvalue weighted by Gasteiger charge is 2.30. The second-order valence-corrected chi connectivity index (χ2v) is 9.40. The van der Waals surface area contributed by atoms with Crippen molar-refractivity contribution in [1.29, 1.82) is 0 Å². The van der Waals surface area contributed by atoms with Crippen LogP contribution in [0.1, 0.15) is 50.9 Å². The number of benzene rings is 1. The molecule has 8 heteroatoms. The van der Waals surface area contributed by atoms with Crippen molar-refractivity contribution < 1.29 is 18.0 Å². The van der Waals surface area contributed by atoms with Crippen molar-refractivity contribution in [3.05, 3.63) is 29.8 Å². The van der Waals surface area contributed by atoms with Crippen LogP contribution in [0.3, 0.4) is 0 Å². The lowest BCUT2D eigenvalue weighted by atomic mass is 10.0. The molecule has 1 fully saturated rings. The first kappa shape index (κ1) is 23.3. The van der Waals surface area contributed by atoms with E-state index < -0.39 is 10.0 Å². The van der Waals surface area contributed by atoms with Gasteiger partial charge in [-0.1, -0.05) is 32.8 Å². The molecule has 1 heterocycles. The largest absolute Gasteiger partial charge is 0.340 e. The fourth-order valence-corrected chi connectivity index (χ4v) is 5.05. The van der Waals surface area contributed by atoms with Gasteiger partial charge in [0.05, 0.1) is 4.90 Å². The van der Waals surface area contributed by atoms with Gasteiger partial charge in [0.2, 0.25) is 15.9 Å². The van der Waals surface area contributed by atoms with Crippen LogP contribution in [0.4, 0.5) is 0 Å². The Morgan fingerprint density at radius 1 is 1.07 bits per heavy atom. The monoisotopic (exact) mass is 423 g/mol. The van der Waals surface area contributed by atoms with Crippen molar-refractivity contribution in [2.75, 3.05) is 39.3 Å². The predicted octanol–water partition coefficient (Wildman–Crippen LogP) is 2.44. The number of sulfonamides is 1. The van der Waals surface area contributed by atoms with Crippen LogP contribution < -0.4 is 0 Å². The Kier molecular flexibility index (Phi) is 8.22. The first-order valence-electron chi connectivity index (χ1n) is 10.4. The van der Waals surface area contributed by atoms with Gasteiger partial charge in [0.1, 0.15) is 0 Å². The second kappa shape index (κ2) is 10.2. The maximum atomic E-state index is 13.0. The van der Waals surface area contributed by atoms with Crippen LogP contribution in [0.25, 0.3) is 0 Å². The number of nitrogens with zero attached hydrogens (tertiary/aromatic N) is 3. The maximum Gasteiger partial charge on any atom is 0.253 e. The average Bonchev–Trinajstić information content (AvgIpc) is 2.74. The van der Waals surface area contributed by atoms with E-state index in [1.54, 1.807) is 21.9 Å². The third kappa shape index (κ3) is 5.57. The van der Waals surface area contributed by atoms with Crippen LogP contribution in [0.5, 0.6) is 0 Å². The fraction of sp³-hybridized carbons (Fsp3) is 0.619. The molecule has 1 aromatic rings. The average molecular weight is 424 g/mol. The smallest absolute Gasteiger partial charge is 0.253 e. The molecular weight excluding hydrogens is 390 g/mol. The third-order valence-corrected chi connectivity index (χ3v) is 7.60. The Morgan fingerprint density at radius 3 is 2.21 bits per heavy atom. The Morgan fingerprint density at radius 2 is 1.69 bits per heavy atom. The summed E-state index contributed by atoms with van der Waals surface area (Å²) in [4.78, 5) is 28.0. The Hall–Kier alpha value is -1.93. The van der Waals surface area contributed by atoms with Crippen LogP contribution in [-0.4, -0.2) is 73.6 Å². The van der Waals surface area contributed by atoms with E-state index >= 15 is 0 Å². The molecule has 0 radical (unpaired) electrons. The number of hydrogen-bond donors (Lipinski definition) is 0. The van der Waals surface area contributed by atoms with E-state index in [-0.39, 0.29) is 29.8 Å². The Labute approximate surface area is 174 Å². The molecule has 1 aliphatic heterocycles. The van der Waals surface area contributed by atoms with Gasteiger partial charge in [-0.15, -0.1) is 0 Å². The molecule has 0 bridgehead atoms. The number of carbonyl (C=O) groups excluding carboxylic acids is 2. The van der Waals surface area contributed by atoms with Crippen molar-refractivity contribution in [2.24, 2.45) is 5.92 Å². The zero-order chi connectivity index (χ0) is 21.6. The number of piperazine rings is 1. The van der Waals surface area contributed by atoms with Crippen molar-refractivity contribution in [2.45, 2.75) is 45.4 Å². The quantitative estimate of drug-likeness (QED) is 0.643.